The molecule has 1 aromatic carbocycles. The molecule has 0 unspecified atom stereocenters. The highest BCUT2D eigenvalue weighted by Gasteiger charge is 2.26. The normalized spacial score (nSPS) is 15.2. The van der Waals surface area contributed by atoms with E-state index in [1.54, 1.807) is 6.92 Å². The molecule has 130 valence electrons. The first kappa shape index (κ1) is 17.8. The Labute approximate surface area is 141 Å². The molecule has 0 saturated heterocycles. The van der Waals surface area contributed by atoms with Crippen LogP contribution in [0.2, 0.25) is 0 Å². The lowest BCUT2D eigenvalue weighted by Gasteiger charge is -2.26. The van der Waals surface area contributed by atoms with Crippen molar-refractivity contribution in [2.24, 2.45) is 11.7 Å². The van der Waals surface area contributed by atoms with E-state index in [2.05, 4.69) is 0 Å². The van der Waals surface area contributed by atoms with Crippen LogP contribution < -0.4 is 10.5 Å². The maximum absolute atomic E-state index is 12.5. The van der Waals surface area contributed by atoms with Crippen LogP contribution in [0.1, 0.15) is 48.5 Å². The minimum Gasteiger partial charge on any atom is -0.497 e. The number of rotatable bonds is 7. The molecule has 6 nitrogen and oxygen atoms in total. The van der Waals surface area contributed by atoms with Crippen molar-refractivity contribution >= 4 is 17.5 Å². The second-order valence-electron chi connectivity index (χ2n) is 5.84. The molecule has 0 amide bonds. The van der Waals surface area contributed by atoms with Crippen LogP contribution >= 0.6 is 0 Å². The topological polar surface area (TPSA) is 98.9 Å². The second-order valence-corrected chi connectivity index (χ2v) is 5.84. The van der Waals surface area contributed by atoms with E-state index >= 15 is 0 Å². The molecule has 0 aliphatic heterocycles. The van der Waals surface area contributed by atoms with Crippen LogP contribution in [0.5, 0.6) is 5.75 Å². The zero-order chi connectivity index (χ0) is 17.7. The van der Waals surface area contributed by atoms with Gasteiger partial charge in [-0.2, -0.15) is 0 Å². The Bertz CT molecular complexity index is 661. The molecule has 6 heteroatoms. The van der Waals surface area contributed by atoms with E-state index < -0.39 is 11.9 Å². The number of esters is 1. The third kappa shape index (κ3) is 3.88. The number of hydrogen-bond acceptors (Lipinski definition) is 5. The van der Waals surface area contributed by atoms with E-state index in [1.807, 2.05) is 0 Å². The fraction of sp³-hybridized carbons (Fsp3) is 0.444. The molecular weight excluding hydrogens is 310 g/mol. The highest BCUT2D eigenvalue weighted by atomic mass is 16.5. The summed E-state index contributed by atoms with van der Waals surface area (Å²) in [5.74, 6) is -0.850. The Morgan fingerprint density at radius 3 is 2.50 bits per heavy atom. The van der Waals surface area contributed by atoms with Crippen molar-refractivity contribution in [1.82, 2.24) is 0 Å². The molecule has 1 saturated carbocycles. The van der Waals surface area contributed by atoms with E-state index in [9.17, 15) is 14.7 Å². The highest BCUT2D eigenvalue weighted by Crippen LogP contribution is 2.34. The molecule has 2 rings (SSSR count). The molecule has 24 heavy (non-hydrogen) atoms. The van der Waals surface area contributed by atoms with Gasteiger partial charge in [0.15, 0.2) is 0 Å². The number of carboxylic acid groups (broad SMARTS) is 1. The van der Waals surface area contributed by atoms with Gasteiger partial charge in [0.2, 0.25) is 0 Å². The number of carboxylic acids is 1. The summed E-state index contributed by atoms with van der Waals surface area (Å²) >= 11 is 0. The monoisotopic (exact) mass is 333 g/mol. The lowest BCUT2D eigenvalue weighted by molar-refractivity contribution is -0.136. The number of carbonyl (C=O) groups excluding carboxylic acids is 1. The predicted octanol–water partition coefficient (Wildman–Crippen LogP) is 2.82. The number of methoxy groups -OCH3 is 1. The van der Waals surface area contributed by atoms with Gasteiger partial charge in [0.25, 0.3) is 0 Å². The SMILES string of the molecule is CCOC(=O)C(=C(N)CC1CCC1)c1cc(OC)ccc1C(=O)O. The number of ether oxygens (including phenoxy) is 2. The minimum atomic E-state index is -1.13. The molecule has 0 radical (unpaired) electrons. The van der Waals surface area contributed by atoms with Gasteiger partial charge in [-0.1, -0.05) is 19.3 Å². The molecule has 0 bridgehead atoms. The van der Waals surface area contributed by atoms with Gasteiger partial charge in [-0.25, -0.2) is 9.59 Å². The molecule has 1 fully saturated rings. The summed E-state index contributed by atoms with van der Waals surface area (Å²) in [6.07, 6.45) is 3.86. The van der Waals surface area contributed by atoms with Crippen molar-refractivity contribution in [1.29, 1.82) is 0 Å². The maximum atomic E-state index is 12.5. The van der Waals surface area contributed by atoms with Crippen LogP contribution in [0.25, 0.3) is 5.57 Å². The largest absolute Gasteiger partial charge is 0.497 e. The molecule has 1 aromatic rings. The summed E-state index contributed by atoms with van der Waals surface area (Å²) in [5.41, 5.74) is 6.92. The first-order chi connectivity index (χ1) is 11.5. The quantitative estimate of drug-likeness (QED) is 0.588. The molecule has 0 atom stereocenters. The van der Waals surface area contributed by atoms with Gasteiger partial charge in [0, 0.05) is 11.3 Å². The summed E-state index contributed by atoms with van der Waals surface area (Å²) < 4.78 is 10.3. The van der Waals surface area contributed by atoms with Crippen molar-refractivity contribution < 1.29 is 24.2 Å². The summed E-state index contributed by atoms with van der Waals surface area (Å²) in [6, 6.07) is 4.47. The number of aromatic carboxylic acids is 1. The zero-order valence-corrected chi connectivity index (χ0v) is 14.0. The van der Waals surface area contributed by atoms with Crippen LogP contribution in [0.4, 0.5) is 0 Å². The van der Waals surface area contributed by atoms with Crippen molar-refractivity contribution in [3.05, 3.63) is 35.0 Å². The molecular formula is C18H23NO5. The summed E-state index contributed by atoms with van der Waals surface area (Å²) in [7, 11) is 1.48. The Morgan fingerprint density at radius 1 is 1.29 bits per heavy atom. The van der Waals surface area contributed by atoms with E-state index in [1.165, 1.54) is 25.3 Å². The third-order valence-corrected chi connectivity index (χ3v) is 4.26. The number of hydrogen-bond donors (Lipinski definition) is 2. The summed E-state index contributed by atoms with van der Waals surface area (Å²) in [6.45, 7) is 1.88. The maximum Gasteiger partial charge on any atom is 0.340 e. The standard InChI is InChI=1S/C18H23NO5/c1-3-24-18(22)16(15(19)9-11-5-4-6-11)14-10-12(23-2)7-8-13(14)17(20)21/h7-8,10-11H,3-6,9,19H2,1-2H3,(H,20,21). The van der Waals surface area contributed by atoms with Gasteiger partial charge >= 0.3 is 11.9 Å². The third-order valence-electron chi connectivity index (χ3n) is 4.26. The molecule has 1 aliphatic carbocycles. The van der Waals surface area contributed by atoms with Gasteiger partial charge < -0.3 is 20.3 Å². The number of nitrogens with two attached hydrogens (primary N) is 1. The van der Waals surface area contributed by atoms with Crippen LogP contribution in [0.3, 0.4) is 0 Å². The molecule has 0 aromatic heterocycles. The average molecular weight is 333 g/mol. The Hall–Kier alpha value is -2.50. The molecule has 1 aliphatic rings. The summed E-state index contributed by atoms with van der Waals surface area (Å²) in [5, 5.41) is 9.45. The highest BCUT2D eigenvalue weighted by molar-refractivity contribution is 6.19. The van der Waals surface area contributed by atoms with Gasteiger partial charge in [0.05, 0.1) is 24.9 Å². The van der Waals surface area contributed by atoms with E-state index in [0.29, 0.717) is 23.8 Å². The van der Waals surface area contributed by atoms with Gasteiger partial charge in [0.1, 0.15) is 5.75 Å². The lowest BCUT2D eigenvalue weighted by atomic mass is 9.81. The lowest BCUT2D eigenvalue weighted by Crippen LogP contribution is -2.20. The molecule has 0 spiro atoms. The Morgan fingerprint density at radius 2 is 2.00 bits per heavy atom. The first-order valence-electron chi connectivity index (χ1n) is 8.05. The zero-order valence-electron chi connectivity index (χ0n) is 14.0. The van der Waals surface area contributed by atoms with Crippen molar-refractivity contribution in [2.45, 2.75) is 32.6 Å². The predicted molar refractivity (Wildman–Crippen MR) is 89.7 cm³/mol. The van der Waals surface area contributed by atoms with Crippen molar-refractivity contribution in [3.8, 4) is 5.75 Å². The molecule has 0 heterocycles. The Balaban J connectivity index is 2.55. The van der Waals surface area contributed by atoms with Gasteiger partial charge in [-0.05, 0) is 37.5 Å². The number of carbonyl (C=O) groups is 2. The number of allylic oxidation sites excluding steroid dienone is 1. The van der Waals surface area contributed by atoms with E-state index in [4.69, 9.17) is 15.2 Å². The molecule has 3 N–H and O–H groups in total. The van der Waals surface area contributed by atoms with E-state index in [0.717, 1.165) is 19.3 Å². The Kier molecular flexibility index (Phi) is 5.84. The van der Waals surface area contributed by atoms with E-state index in [-0.39, 0.29) is 23.3 Å². The minimum absolute atomic E-state index is 0.00425. The fourth-order valence-electron chi connectivity index (χ4n) is 2.77. The fourth-order valence-corrected chi connectivity index (χ4v) is 2.77. The van der Waals surface area contributed by atoms with Crippen LogP contribution in [0.15, 0.2) is 23.9 Å². The summed E-state index contributed by atoms with van der Waals surface area (Å²) in [4.78, 5) is 24.0. The first-order valence-corrected chi connectivity index (χ1v) is 8.05. The van der Waals surface area contributed by atoms with Crippen molar-refractivity contribution in [2.75, 3.05) is 13.7 Å². The van der Waals surface area contributed by atoms with Crippen molar-refractivity contribution in [3.63, 3.8) is 0 Å². The number of benzene rings is 1. The van der Waals surface area contributed by atoms with Crippen LogP contribution in [0, 0.1) is 5.92 Å². The van der Waals surface area contributed by atoms with Gasteiger partial charge in [-0.3, -0.25) is 0 Å². The van der Waals surface area contributed by atoms with Gasteiger partial charge in [-0.15, -0.1) is 0 Å². The smallest absolute Gasteiger partial charge is 0.340 e. The average Bonchev–Trinajstić information content (AvgIpc) is 2.51. The van der Waals surface area contributed by atoms with Crippen LogP contribution in [-0.2, 0) is 9.53 Å². The second kappa shape index (κ2) is 7.86. The van der Waals surface area contributed by atoms with Crippen LogP contribution in [-0.4, -0.2) is 30.8 Å².